The minimum Gasteiger partial charge on any atom is -0.340 e. The number of nitrogens with zero attached hydrogens (tertiary/aromatic N) is 2. The number of amides is 1. The van der Waals surface area contributed by atoms with Crippen molar-refractivity contribution in [3.63, 3.8) is 0 Å². The van der Waals surface area contributed by atoms with Crippen molar-refractivity contribution in [2.45, 2.75) is 19.9 Å². The maximum absolute atomic E-state index is 12.4. The van der Waals surface area contributed by atoms with E-state index in [1.165, 1.54) is 21.8 Å². The van der Waals surface area contributed by atoms with E-state index in [1.54, 1.807) is 16.2 Å². The van der Waals surface area contributed by atoms with E-state index < -0.39 is 0 Å². The van der Waals surface area contributed by atoms with E-state index in [4.69, 9.17) is 11.6 Å². The molecule has 0 spiro atoms. The van der Waals surface area contributed by atoms with Crippen LogP contribution >= 0.6 is 34.3 Å². The van der Waals surface area contributed by atoms with Crippen molar-refractivity contribution in [1.82, 2.24) is 9.88 Å². The number of aryl methyl sites for hydroxylation is 1. The number of aromatic nitrogens is 1. The zero-order valence-corrected chi connectivity index (χ0v) is 15.8. The van der Waals surface area contributed by atoms with Crippen LogP contribution in [0.1, 0.15) is 16.1 Å². The Balaban J connectivity index is 1.67. The van der Waals surface area contributed by atoms with E-state index in [1.807, 2.05) is 36.7 Å². The topological polar surface area (TPSA) is 33.2 Å². The summed E-state index contributed by atoms with van der Waals surface area (Å²) in [6.07, 6.45) is 0.307. The third-order valence-electron chi connectivity index (χ3n) is 3.76. The molecule has 2 aromatic heterocycles. The summed E-state index contributed by atoms with van der Waals surface area (Å²) in [4.78, 5) is 20.0. The Kier molecular flexibility index (Phi) is 5.33. The van der Waals surface area contributed by atoms with E-state index in [9.17, 15) is 4.79 Å². The molecule has 124 valence electrons. The summed E-state index contributed by atoms with van der Waals surface area (Å²) in [5, 5.41) is 5.51. The number of hydrogen-bond donors (Lipinski definition) is 0. The van der Waals surface area contributed by atoms with Gasteiger partial charge in [0.2, 0.25) is 5.91 Å². The third-order valence-corrected chi connectivity index (χ3v) is 6.02. The lowest BCUT2D eigenvalue weighted by molar-refractivity contribution is -0.129. The van der Waals surface area contributed by atoms with Gasteiger partial charge in [0, 0.05) is 22.9 Å². The standard InChI is InChI=1S/C18H17ClN2OS2/c1-12-7-8-23-16(12)10-21(2)17(22)9-13-11-24-18(20-13)14-5-3-4-6-15(14)19/h3-8,11H,9-10H2,1-2H3. The zero-order valence-electron chi connectivity index (χ0n) is 13.5. The van der Waals surface area contributed by atoms with E-state index in [0.717, 1.165) is 16.3 Å². The first kappa shape index (κ1) is 17.1. The number of carbonyl (C=O) groups is 1. The summed E-state index contributed by atoms with van der Waals surface area (Å²) in [5.41, 5.74) is 2.93. The predicted octanol–water partition coefficient (Wildman–Crippen LogP) is 5.03. The van der Waals surface area contributed by atoms with Crippen molar-refractivity contribution in [3.05, 3.63) is 62.2 Å². The van der Waals surface area contributed by atoms with Crippen molar-refractivity contribution >= 4 is 40.2 Å². The number of thiophene rings is 1. The number of halogens is 1. The second kappa shape index (κ2) is 7.47. The normalized spacial score (nSPS) is 10.8. The van der Waals surface area contributed by atoms with Crippen LogP contribution in [0, 0.1) is 6.92 Å². The molecule has 0 aliphatic rings. The first-order valence-corrected chi connectivity index (χ1v) is 9.64. The fourth-order valence-corrected chi connectivity index (χ4v) is 4.40. The van der Waals surface area contributed by atoms with Crippen molar-refractivity contribution in [2.24, 2.45) is 0 Å². The molecule has 3 aromatic rings. The number of carbonyl (C=O) groups excluding carboxylic acids is 1. The maximum atomic E-state index is 12.4. The van der Waals surface area contributed by atoms with Crippen LogP contribution in [0.25, 0.3) is 10.6 Å². The van der Waals surface area contributed by atoms with E-state index in [-0.39, 0.29) is 5.91 Å². The molecule has 1 aromatic carbocycles. The molecule has 0 atom stereocenters. The molecule has 3 nitrogen and oxygen atoms in total. The highest BCUT2D eigenvalue weighted by Crippen LogP contribution is 2.30. The molecule has 1 amide bonds. The Hall–Kier alpha value is -1.69. The van der Waals surface area contributed by atoms with E-state index in [2.05, 4.69) is 23.4 Å². The molecule has 0 unspecified atom stereocenters. The zero-order chi connectivity index (χ0) is 17.1. The van der Waals surface area contributed by atoms with Gasteiger partial charge in [0.15, 0.2) is 0 Å². The smallest absolute Gasteiger partial charge is 0.228 e. The maximum Gasteiger partial charge on any atom is 0.228 e. The third kappa shape index (κ3) is 3.86. The second-order valence-corrected chi connectivity index (χ2v) is 7.84. The lowest BCUT2D eigenvalue weighted by atomic mass is 10.2. The van der Waals surface area contributed by atoms with Gasteiger partial charge < -0.3 is 4.90 Å². The van der Waals surface area contributed by atoms with Gasteiger partial charge in [0.1, 0.15) is 5.01 Å². The average molecular weight is 377 g/mol. The lowest BCUT2D eigenvalue weighted by Crippen LogP contribution is -2.27. The van der Waals surface area contributed by atoms with Gasteiger partial charge >= 0.3 is 0 Å². The lowest BCUT2D eigenvalue weighted by Gasteiger charge is -2.16. The fraction of sp³-hybridized carbons (Fsp3) is 0.222. The molecular weight excluding hydrogens is 360 g/mol. The van der Waals surface area contributed by atoms with Crippen LogP contribution in [0.5, 0.6) is 0 Å². The minimum atomic E-state index is 0.0683. The molecule has 24 heavy (non-hydrogen) atoms. The van der Waals surface area contributed by atoms with Crippen LogP contribution in [0.2, 0.25) is 5.02 Å². The molecule has 2 heterocycles. The van der Waals surface area contributed by atoms with Crippen LogP contribution in [0.15, 0.2) is 41.1 Å². The van der Waals surface area contributed by atoms with Gasteiger partial charge in [0.25, 0.3) is 0 Å². The van der Waals surface area contributed by atoms with Gasteiger partial charge in [0.05, 0.1) is 23.7 Å². The van der Waals surface area contributed by atoms with E-state index in [0.29, 0.717) is 18.0 Å². The summed E-state index contributed by atoms with van der Waals surface area (Å²) in [6.45, 7) is 2.71. The van der Waals surface area contributed by atoms with Crippen LogP contribution in [-0.4, -0.2) is 22.8 Å². The minimum absolute atomic E-state index is 0.0683. The summed E-state index contributed by atoms with van der Waals surface area (Å²) in [5.74, 6) is 0.0683. The van der Waals surface area contributed by atoms with Crippen LogP contribution < -0.4 is 0 Å². The van der Waals surface area contributed by atoms with Crippen LogP contribution in [0.3, 0.4) is 0 Å². The molecule has 0 aliphatic carbocycles. The SMILES string of the molecule is Cc1ccsc1CN(C)C(=O)Cc1csc(-c2ccccc2Cl)n1. The number of benzene rings is 1. The van der Waals surface area contributed by atoms with Gasteiger partial charge in [-0.2, -0.15) is 0 Å². The van der Waals surface area contributed by atoms with Crippen molar-refractivity contribution in [2.75, 3.05) is 7.05 Å². The Morgan fingerprint density at radius 3 is 2.75 bits per heavy atom. The summed E-state index contributed by atoms with van der Waals surface area (Å²) < 4.78 is 0. The van der Waals surface area contributed by atoms with Crippen molar-refractivity contribution < 1.29 is 4.79 Å². The van der Waals surface area contributed by atoms with Crippen molar-refractivity contribution in [3.8, 4) is 10.6 Å². The quantitative estimate of drug-likeness (QED) is 0.625. The van der Waals surface area contributed by atoms with Crippen LogP contribution in [-0.2, 0) is 17.8 Å². The molecular formula is C18H17ClN2OS2. The molecule has 0 saturated heterocycles. The molecule has 0 N–H and O–H groups in total. The molecule has 0 radical (unpaired) electrons. The first-order chi connectivity index (χ1) is 11.5. The van der Waals surface area contributed by atoms with Gasteiger partial charge in [-0.25, -0.2) is 4.98 Å². The molecule has 0 saturated carbocycles. The largest absolute Gasteiger partial charge is 0.340 e. The molecule has 0 bridgehead atoms. The Labute approximate surface area is 154 Å². The highest BCUT2D eigenvalue weighted by molar-refractivity contribution is 7.13. The van der Waals surface area contributed by atoms with Gasteiger partial charge in [-0.1, -0.05) is 29.8 Å². The number of likely N-dealkylation sites (N-methyl/N-ethyl adjacent to an activating group) is 1. The van der Waals surface area contributed by atoms with Gasteiger partial charge in [-0.15, -0.1) is 22.7 Å². The fourth-order valence-electron chi connectivity index (χ4n) is 2.31. The second-order valence-electron chi connectivity index (χ2n) is 5.58. The highest BCUT2D eigenvalue weighted by Gasteiger charge is 2.15. The first-order valence-electron chi connectivity index (χ1n) is 7.51. The monoisotopic (exact) mass is 376 g/mol. The molecule has 6 heteroatoms. The number of hydrogen-bond acceptors (Lipinski definition) is 4. The summed E-state index contributed by atoms with van der Waals surface area (Å²) in [6, 6.07) is 9.70. The van der Waals surface area contributed by atoms with Crippen LogP contribution in [0.4, 0.5) is 0 Å². The molecule has 0 fully saturated rings. The average Bonchev–Trinajstić information content (AvgIpc) is 3.17. The highest BCUT2D eigenvalue weighted by atomic mass is 35.5. The number of thiazole rings is 1. The summed E-state index contributed by atoms with van der Waals surface area (Å²) >= 11 is 9.41. The Bertz CT molecular complexity index is 856. The Morgan fingerprint density at radius 2 is 2.04 bits per heavy atom. The number of rotatable bonds is 5. The summed E-state index contributed by atoms with van der Waals surface area (Å²) in [7, 11) is 1.84. The Morgan fingerprint density at radius 1 is 1.25 bits per heavy atom. The predicted molar refractivity (Wildman–Crippen MR) is 102 cm³/mol. The van der Waals surface area contributed by atoms with Crippen molar-refractivity contribution in [1.29, 1.82) is 0 Å². The van der Waals surface area contributed by atoms with Gasteiger partial charge in [-0.3, -0.25) is 4.79 Å². The molecule has 3 rings (SSSR count). The van der Waals surface area contributed by atoms with Gasteiger partial charge in [-0.05, 0) is 30.0 Å². The van der Waals surface area contributed by atoms with E-state index >= 15 is 0 Å². The molecule has 0 aliphatic heterocycles.